The van der Waals surface area contributed by atoms with Gasteiger partial charge in [-0.15, -0.1) is 0 Å². The molecule has 4 heteroatoms. The molecule has 0 atom stereocenters. The zero-order chi connectivity index (χ0) is 21.9. The Balaban J connectivity index is 1.88. The summed E-state index contributed by atoms with van der Waals surface area (Å²) >= 11 is 0. The van der Waals surface area contributed by atoms with Crippen LogP contribution in [0.3, 0.4) is 0 Å². The summed E-state index contributed by atoms with van der Waals surface area (Å²) in [6.45, 7) is 11.6. The molecule has 2 aromatic rings. The van der Waals surface area contributed by atoms with Crippen molar-refractivity contribution in [2.75, 3.05) is 20.3 Å². The second-order valence-corrected chi connectivity index (χ2v) is 7.73. The number of oxime groups is 1. The zero-order valence-corrected chi connectivity index (χ0v) is 19.2. The summed E-state index contributed by atoms with van der Waals surface area (Å²) < 4.78 is 11.8. The number of ether oxygens (including phenoxy) is 2. The molecule has 0 spiro atoms. The Morgan fingerprint density at radius 3 is 2.27 bits per heavy atom. The molecule has 0 aliphatic rings. The molecule has 2 aromatic carbocycles. The maximum Gasteiger partial charge on any atom is 0.125 e. The molecule has 0 fully saturated rings. The zero-order valence-electron chi connectivity index (χ0n) is 19.2. The van der Waals surface area contributed by atoms with Crippen LogP contribution in [0.15, 0.2) is 53.7 Å². The fourth-order valence-electron chi connectivity index (χ4n) is 3.34. The van der Waals surface area contributed by atoms with Crippen LogP contribution in [0.25, 0.3) is 0 Å². The van der Waals surface area contributed by atoms with Gasteiger partial charge in [-0.3, -0.25) is 0 Å². The first-order valence-electron chi connectivity index (χ1n) is 10.6. The lowest BCUT2D eigenvalue weighted by atomic mass is 9.98. The number of aryl methyl sites for hydroxylation is 3. The van der Waals surface area contributed by atoms with E-state index in [1.54, 1.807) is 7.11 Å². The lowest BCUT2D eigenvalue weighted by Gasteiger charge is -2.14. The van der Waals surface area contributed by atoms with Crippen LogP contribution in [0.1, 0.15) is 49.4 Å². The van der Waals surface area contributed by atoms with Gasteiger partial charge in [-0.05, 0) is 73.9 Å². The molecular weight excluding hydrogens is 374 g/mol. The predicted octanol–water partition coefficient (Wildman–Crippen LogP) is 6.28. The van der Waals surface area contributed by atoms with Crippen LogP contribution in [0.5, 0.6) is 11.5 Å². The minimum atomic E-state index is 0.315. The summed E-state index contributed by atoms with van der Waals surface area (Å²) in [5, 5.41) is 4.16. The van der Waals surface area contributed by atoms with Gasteiger partial charge in [0.05, 0.1) is 12.3 Å². The number of benzene rings is 2. The smallest absolute Gasteiger partial charge is 0.125 e. The predicted molar refractivity (Wildman–Crippen MR) is 125 cm³/mol. The van der Waals surface area contributed by atoms with E-state index in [0.29, 0.717) is 19.1 Å². The molecule has 30 heavy (non-hydrogen) atoms. The van der Waals surface area contributed by atoms with Crippen molar-refractivity contribution in [3.8, 4) is 11.5 Å². The van der Waals surface area contributed by atoms with E-state index >= 15 is 0 Å². The molecule has 162 valence electrons. The number of allylic oxidation sites excluding steroid dienone is 1. The van der Waals surface area contributed by atoms with Gasteiger partial charge >= 0.3 is 0 Å². The van der Waals surface area contributed by atoms with Gasteiger partial charge in [0.25, 0.3) is 0 Å². The topological polar surface area (TPSA) is 40.0 Å². The molecular formula is C26H35NO3. The molecule has 0 unspecified atom stereocenters. The Labute approximate surface area is 181 Å². The van der Waals surface area contributed by atoms with Gasteiger partial charge < -0.3 is 14.3 Å². The Bertz CT molecular complexity index is 828. The lowest BCUT2D eigenvalue weighted by molar-refractivity contribution is 0.212. The Morgan fingerprint density at radius 1 is 1.03 bits per heavy atom. The van der Waals surface area contributed by atoms with Crippen molar-refractivity contribution in [2.24, 2.45) is 11.1 Å². The van der Waals surface area contributed by atoms with Crippen molar-refractivity contribution in [3.63, 3.8) is 0 Å². The highest BCUT2D eigenvalue weighted by atomic mass is 16.6. The van der Waals surface area contributed by atoms with Crippen LogP contribution >= 0.6 is 0 Å². The monoisotopic (exact) mass is 409 g/mol. The highest BCUT2D eigenvalue weighted by Crippen LogP contribution is 2.28. The number of hydrogen-bond acceptors (Lipinski definition) is 4. The molecule has 2 rings (SSSR count). The SMILES string of the molecule is C/C=C/COc1cc(C)c(OCCCc2ccc(C(=NOC)C(C)C)cc2)c(C)c1. The van der Waals surface area contributed by atoms with Crippen LogP contribution in [0, 0.1) is 19.8 Å². The van der Waals surface area contributed by atoms with Gasteiger partial charge in [-0.1, -0.05) is 55.4 Å². The Hall–Kier alpha value is -2.75. The van der Waals surface area contributed by atoms with Gasteiger partial charge in [0, 0.05) is 0 Å². The second kappa shape index (κ2) is 12.1. The molecule has 0 aromatic heterocycles. The molecule has 4 nitrogen and oxygen atoms in total. The average molecular weight is 410 g/mol. The minimum absolute atomic E-state index is 0.315. The van der Waals surface area contributed by atoms with E-state index in [-0.39, 0.29) is 0 Å². The van der Waals surface area contributed by atoms with E-state index in [1.807, 2.05) is 31.2 Å². The summed E-state index contributed by atoms with van der Waals surface area (Å²) in [5.74, 6) is 2.16. The maximum absolute atomic E-state index is 6.09. The summed E-state index contributed by atoms with van der Waals surface area (Å²) in [7, 11) is 1.59. The summed E-state index contributed by atoms with van der Waals surface area (Å²) in [6, 6.07) is 12.6. The summed E-state index contributed by atoms with van der Waals surface area (Å²) in [6.07, 6.45) is 5.92. The van der Waals surface area contributed by atoms with E-state index in [9.17, 15) is 0 Å². The molecule has 0 N–H and O–H groups in total. The number of hydrogen-bond donors (Lipinski definition) is 0. The third-order valence-corrected chi connectivity index (χ3v) is 4.86. The maximum atomic E-state index is 6.09. The third-order valence-electron chi connectivity index (χ3n) is 4.86. The Morgan fingerprint density at radius 2 is 1.70 bits per heavy atom. The standard InChI is InChI=1S/C26H35NO3/c1-7-8-15-29-24-17-20(4)26(21(5)18-24)30-16-9-10-22-11-13-23(14-12-22)25(19(2)3)27-28-6/h7-8,11-14,17-19H,9-10,15-16H2,1-6H3/b8-7+,27-25?. The summed E-state index contributed by atoms with van der Waals surface area (Å²) in [5.41, 5.74) is 5.58. The van der Waals surface area contributed by atoms with Crippen molar-refractivity contribution >= 4 is 5.71 Å². The number of rotatable bonds is 11. The molecule has 0 saturated carbocycles. The van der Waals surface area contributed by atoms with Gasteiger partial charge in [0.2, 0.25) is 0 Å². The fraction of sp³-hybridized carbons (Fsp3) is 0.423. The van der Waals surface area contributed by atoms with Gasteiger partial charge in [-0.2, -0.15) is 0 Å². The molecule has 0 aliphatic carbocycles. The minimum Gasteiger partial charge on any atom is -0.493 e. The molecule has 0 radical (unpaired) electrons. The first kappa shape index (κ1) is 23.5. The largest absolute Gasteiger partial charge is 0.493 e. The van der Waals surface area contributed by atoms with Crippen molar-refractivity contribution in [1.29, 1.82) is 0 Å². The molecule has 0 amide bonds. The molecule has 0 saturated heterocycles. The second-order valence-electron chi connectivity index (χ2n) is 7.73. The van der Waals surface area contributed by atoms with E-state index in [4.69, 9.17) is 14.3 Å². The highest BCUT2D eigenvalue weighted by molar-refractivity contribution is 6.01. The number of nitrogens with zero attached hydrogens (tertiary/aromatic N) is 1. The fourth-order valence-corrected chi connectivity index (χ4v) is 3.34. The molecule has 0 heterocycles. The van der Waals surface area contributed by atoms with E-state index in [1.165, 1.54) is 5.56 Å². The van der Waals surface area contributed by atoms with Crippen molar-refractivity contribution in [2.45, 2.75) is 47.5 Å². The van der Waals surface area contributed by atoms with Crippen LogP contribution in [-0.4, -0.2) is 26.0 Å². The van der Waals surface area contributed by atoms with Crippen LogP contribution in [0.4, 0.5) is 0 Å². The van der Waals surface area contributed by atoms with E-state index < -0.39 is 0 Å². The summed E-state index contributed by atoms with van der Waals surface area (Å²) in [4.78, 5) is 4.98. The van der Waals surface area contributed by atoms with Gasteiger partial charge in [-0.25, -0.2) is 0 Å². The highest BCUT2D eigenvalue weighted by Gasteiger charge is 2.10. The first-order valence-corrected chi connectivity index (χ1v) is 10.6. The van der Waals surface area contributed by atoms with E-state index in [2.05, 4.69) is 57.1 Å². The first-order chi connectivity index (χ1) is 14.5. The van der Waals surface area contributed by atoms with Crippen molar-refractivity contribution < 1.29 is 14.3 Å². The lowest BCUT2D eigenvalue weighted by Crippen LogP contribution is -2.10. The third kappa shape index (κ3) is 6.94. The van der Waals surface area contributed by atoms with Crippen LogP contribution in [0.2, 0.25) is 0 Å². The average Bonchev–Trinajstić information content (AvgIpc) is 2.71. The quantitative estimate of drug-likeness (QED) is 0.190. The molecule has 0 bridgehead atoms. The van der Waals surface area contributed by atoms with Crippen LogP contribution in [-0.2, 0) is 11.3 Å². The van der Waals surface area contributed by atoms with Gasteiger partial charge in [0.1, 0.15) is 25.2 Å². The van der Waals surface area contributed by atoms with Gasteiger partial charge in [0.15, 0.2) is 0 Å². The Kier molecular flexibility index (Phi) is 9.46. The van der Waals surface area contributed by atoms with Crippen LogP contribution < -0.4 is 9.47 Å². The van der Waals surface area contributed by atoms with Crippen molar-refractivity contribution in [1.82, 2.24) is 0 Å². The van der Waals surface area contributed by atoms with Crippen molar-refractivity contribution in [3.05, 3.63) is 70.8 Å². The normalized spacial score (nSPS) is 11.9. The molecule has 0 aliphatic heterocycles. The van der Waals surface area contributed by atoms with E-state index in [0.717, 1.165) is 46.7 Å².